The lowest BCUT2D eigenvalue weighted by atomic mass is 9.72. The molecule has 1 unspecified atom stereocenters. The predicted octanol–water partition coefficient (Wildman–Crippen LogP) is 5.24. The van der Waals surface area contributed by atoms with Crippen LogP contribution in [-0.2, 0) is 23.7 Å². The highest BCUT2D eigenvalue weighted by Crippen LogP contribution is 2.63. The number of aliphatic hydroxyl groups is 3. The van der Waals surface area contributed by atoms with Crippen molar-refractivity contribution < 1.29 is 39.1 Å². The van der Waals surface area contributed by atoms with Crippen LogP contribution in [0.4, 0.5) is 0 Å². The zero-order chi connectivity index (χ0) is 31.6. The smallest absolute Gasteiger partial charge is 0.201 e. The van der Waals surface area contributed by atoms with Gasteiger partial charge in [-0.3, -0.25) is 4.79 Å². The number of ether oxygens (including phenoxy) is 4. The van der Waals surface area contributed by atoms with Crippen LogP contribution >= 0.6 is 0 Å². The van der Waals surface area contributed by atoms with Gasteiger partial charge in [0.1, 0.15) is 11.4 Å². The number of fused-ring (bicyclic) bond motifs is 2. The molecule has 0 aliphatic carbocycles. The first-order valence-electron chi connectivity index (χ1n) is 16.8. The van der Waals surface area contributed by atoms with Crippen LogP contribution < -0.4 is 0 Å². The van der Waals surface area contributed by atoms with Crippen LogP contribution in [0.5, 0.6) is 0 Å². The van der Waals surface area contributed by atoms with E-state index < -0.39 is 59.2 Å². The monoisotopic (exact) mass is 596 g/mol. The van der Waals surface area contributed by atoms with E-state index in [-0.39, 0.29) is 41.3 Å². The van der Waals surface area contributed by atoms with E-state index in [2.05, 4.69) is 34.6 Å². The van der Waals surface area contributed by atoms with Crippen molar-refractivity contribution in [1.29, 1.82) is 0 Å². The average Bonchev–Trinajstić information content (AvgIpc) is 3.56. The first kappa shape index (κ1) is 34.3. The number of hydrogen-bond donors (Lipinski definition) is 3. The molecule has 0 amide bonds. The Morgan fingerprint density at radius 3 is 2.14 bits per heavy atom. The molecule has 4 aliphatic rings. The van der Waals surface area contributed by atoms with E-state index in [9.17, 15) is 20.1 Å². The third-order valence-corrected chi connectivity index (χ3v) is 12.1. The number of aliphatic hydroxyl groups excluding tert-OH is 2. The van der Waals surface area contributed by atoms with Gasteiger partial charge in [-0.15, -0.1) is 0 Å². The molecule has 0 radical (unpaired) electrons. The maximum atomic E-state index is 14.1. The Balaban J connectivity index is 1.51. The van der Waals surface area contributed by atoms with Crippen LogP contribution in [0.1, 0.15) is 115 Å². The molecule has 4 fully saturated rings. The van der Waals surface area contributed by atoms with Gasteiger partial charge in [-0.05, 0) is 58.3 Å². The van der Waals surface area contributed by atoms with E-state index >= 15 is 0 Å². The highest BCUT2D eigenvalue weighted by Gasteiger charge is 2.73. The van der Waals surface area contributed by atoms with Crippen molar-refractivity contribution in [3.63, 3.8) is 0 Å². The third-order valence-electron chi connectivity index (χ3n) is 12.1. The van der Waals surface area contributed by atoms with E-state index in [0.717, 1.165) is 25.7 Å². The minimum Gasteiger partial charge on any atom is -0.392 e. The lowest BCUT2D eigenvalue weighted by molar-refractivity contribution is -0.323. The number of carbonyl (C=O) groups excluding carboxylic acids is 1. The number of ketones is 1. The third kappa shape index (κ3) is 5.13. The summed E-state index contributed by atoms with van der Waals surface area (Å²) >= 11 is 0. The van der Waals surface area contributed by atoms with E-state index in [4.69, 9.17) is 18.9 Å². The van der Waals surface area contributed by atoms with E-state index in [1.54, 1.807) is 13.8 Å². The first-order chi connectivity index (χ1) is 19.5. The van der Waals surface area contributed by atoms with Gasteiger partial charge in [-0.1, -0.05) is 62.3 Å². The van der Waals surface area contributed by atoms with Crippen LogP contribution in [0.25, 0.3) is 0 Å². The Morgan fingerprint density at radius 1 is 0.952 bits per heavy atom. The second-order valence-electron chi connectivity index (χ2n) is 14.9. The molecule has 8 heteroatoms. The fourth-order valence-corrected chi connectivity index (χ4v) is 9.61. The minimum atomic E-state index is -1.51. The molecule has 0 spiro atoms. The Bertz CT molecular complexity index is 971. The molecule has 2 bridgehead atoms. The Labute approximate surface area is 254 Å². The van der Waals surface area contributed by atoms with Gasteiger partial charge >= 0.3 is 0 Å². The standard InChI is InChI=1S/C34H60O8/c1-12-23(27(36)20(7)26(35)21(8)30-22(9)28(37)24(13-2)32(11,38)41-30)29-18(5)16-31(10,40-29)34-19(6)17-33(15-4,42-34)25(14-3)39-34/h18-26,28-30,35,37-38H,12-17H2,1-11H3/t18-,19+,20-,21-,22-,23-,24+,25-,26+,28+,29-,30+,31-,32-,33-,34?/m0/s1. The largest absolute Gasteiger partial charge is 0.392 e. The van der Waals surface area contributed by atoms with Gasteiger partial charge in [0.05, 0.1) is 36.1 Å². The molecular formula is C34H60O8. The topological polar surface area (TPSA) is 115 Å². The van der Waals surface area contributed by atoms with Crippen LogP contribution in [0, 0.1) is 41.4 Å². The Morgan fingerprint density at radius 2 is 1.60 bits per heavy atom. The van der Waals surface area contributed by atoms with Crippen molar-refractivity contribution in [2.45, 2.75) is 168 Å². The molecule has 4 heterocycles. The predicted molar refractivity (Wildman–Crippen MR) is 160 cm³/mol. The summed E-state index contributed by atoms with van der Waals surface area (Å²) in [6.07, 6.45) is 1.96. The van der Waals surface area contributed by atoms with Crippen molar-refractivity contribution in [3.05, 3.63) is 0 Å². The molecule has 244 valence electrons. The fourth-order valence-electron chi connectivity index (χ4n) is 9.61. The second kappa shape index (κ2) is 12.0. The lowest BCUT2D eigenvalue weighted by Crippen LogP contribution is -2.59. The van der Waals surface area contributed by atoms with E-state index in [0.29, 0.717) is 12.8 Å². The molecule has 4 saturated heterocycles. The van der Waals surface area contributed by atoms with Crippen LogP contribution in [-0.4, -0.2) is 74.4 Å². The molecule has 0 aromatic heterocycles. The van der Waals surface area contributed by atoms with Crippen LogP contribution in [0.15, 0.2) is 0 Å². The van der Waals surface area contributed by atoms with Crippen molar-refractivity contribution >= 4 is 5.78 Å². The highest BCUT2D eigenvalue weighted by molar-refractivity contribution is 5.84. The summed E-state index contributed by atoms with van der Waals surface area (Å²) in [6, 6.07) is 0. The van der Waals surface area contributed by atoms with Gasteiger partial charge in [-0.2, -0.15) is 0 Å². The van der Waals surface area contributed by atoms with Crippen LogP contribution in [0.3, 0.4) is 0 Å². The summed E-state index contributed by atoms with van der Waals surface area (Å²) in [5.41, 5.74) is -0.979. The SMILES string of the molecule is CC[C@@H]1OC2([C@]3(C)C[C@H](C)[C@@H]([C@@H](CC)C(=O)[C@@H](C)[C@@H](O)[C@H](C)[C@H]4O[C@](C)(O)[C@H](CC)[C@H](O)[C@@H]4C)O3)O[C@@]1(CC)C[C@H]2C. The zero-order valence-corrected chi connectivity index (χ0v) is 28.1. The number of Topliss-reactive ketones (excluding diaryl/α,β-unsaturated/α-hetero) is 1. The molecule has 16 atom stereocenters. The molecule has 0 aromatic carbocycles. The summed E-state index contributed by atoms with van der Waals surface area (Å²) in [7, 11) is 0. The van der Waals surface area contributed by atoms with E-state index in [1.807, 2.05) is 27.7 Å². The second-order valence-corrected chi connectivity index (χ2v) is 14.9. The van der Waals surface area contributed by atoms with Gasteiger partial charge in [0.2, 0.25) is 5.79 Å². The maximum absolute atomic E-state index is 14.1. The van der Waals surface area contributed by atoms with Crippen molar-refractivity contribution in [1.82, 2.24) is 0 Å². The lowest BCUT2D eigenvalue weighted by Gasteiger charge is -2.50. The molecular weight excluding hydrogens is 536 g/mol. The summed E-state index contributed by atoms with van der Waals surface area (Å²) in [6.45, 7) is 21.8. The van der Waals surface area contributed by atoms with Crippen molar-refractivity contribution in [2.75, 3.05) is 0 Å². The number of hydrogen-bond acceptors (Lipinski definition) is 8. The summed E-state index contributed by atoms with van der Waals surface area (Å²) in [4.78, 5) is 14.1. The molecule has 8 nitrogen and oxygen atoms in total. The summed E-state index contributed by atoms with van der Waals surface area (Å²) < 4.78 is 26.7. The zero-order valence-electron chi connectivity index (χ0n) is 28.1. The number of carbonyl (C=O) groups is 1. The Kier molecular flexibility index (Phi) is 9.76. The van der Waals surface area contributed by atoms with Gasteiger partial charge in [0, 0.05) is 35.5 Å². The van der Waals surface area contributed by atoms with Gasteiger partial charge in [0.25, 0.3) is 0 Å². The quantitative estimate of drug-likeness (QED) is 0.297. The van der Waals surface area contributed by atoms with Crippen LogP contribution in [0.2, 0.25) is 0 Å². The highest BCUT2D eigenvalue weighted by atomic mass is 16.8. The molecule has 0 saturated carbocycles. The molecule has 42 heavy (non-hydrogen) atoms. The van der Waals surface area contributed by atoms with E-state index in [1.165, 1.54) is 0 Å². The van der Waals surface area contributed by atoms with Gasteiger partial charge in [-0.25, -0.2) is 0 Å². The normalized spacial score (nSPS) is 50.0. The Hall–Kier alpha value is -0.610. The molecule has 3 N–H and O–H groups in total. The van der Waals surface area contributed by atoms with Crippen molar-refractivity contribution in [2.24, 2.45) is 41.4 Å². The fraction of sp³-hybridized carbons (Fsp3) is 0.971. The average molecular weight is 597 g/mol. The number of rotatable bonds is 11. The first-order valence-corrected chi connectivity index (χ1v) is 16.8. The van der Waals surface area contributed by atoms with Gasteiger partial charge in [0.15, 0.2) is 5.79 Å². The maximum Gasteiger partial charge on any atom is 0.201 e. The molecule has 0 aromatic rings. The minimum absolute atomic E-state index is 0.0280. The summed E-state index contributed by atoms with van der Waals surface area (Å²) in [5.74, 6) is -4.36. The summed E-state index contributed by atoms with van der Waals surface area (Å²) in [5, 5.41) is 33.5. The molecule has 4 rings (SSSR count). The van der Waals surface area contributed by atoms with Gasteiger partial charge < -0.3 is 34.3 Å². The van der Waals surface area contributed by atoms with Crippen molar-refractivity contribution in [3.8, 4) is 0 Å². The molecule has 4 aliphatic heterocycles.